The molecular weight excluding hydrogens is 626 g/mol. The molecule has 0 spiro atoms. The molecule has 0 radical (unpaired) electrons. The number of aliphatic hydroxyl groups is 1. The number of aryl methyl sites for hydroxylation is 1. The average Bonchev–Trinajstić information content (AvgIpc) is 3.22. The van der Waals surface area contributed by atoms with Crippen molar-refractivity contribution in [2.75, 3.05) is 6.61 Å². The molecule has 246 valence electrons. The lowest BCUT2D eigenvalue weighted by Crippen LogP contribution is -2.43. The van der Waals surface area contributed by atoms with Crippen LogP contribution < -0.4 is 26.4 Å². The summed E-state index contributed by atoms with van der Waals surface area (Å²) in [5.74, 6) is -0.793. The van der Waals surface area contributed by atoms with E-state index in [1.54, 1.807) is 51.2 Å². The third-order valence-electron chi connectivity index (χ3n) is 7.60. The molecule has 1 fully saturated rings. The van der Waals surface area contributed by atoms with E-state index in [2.05, 4.69) is 5.09 Å². The van der Waals surface area contributed by atoms with E-state index in [1.807, 2.05) is 4.98 Å². The fourth-order valence-corrected chi connectivity index (χ4v) is 6.82. The summed E-state index contributed by atoms with van der Waals surface area (Å²) in [6.45, 7) is 4.90. The van der Waals surface area contributed by atoms with E-state index in [1.165, 1.54) is 23.6 Å². The van der Waals surface area contributed by atoms with Crippen LogP contribution in [0.2, 0.25) is 0 Å². The first-order valence-corrected chi connectivity index (χ1v) is 15.9. The van der Waals surface area contributed by atoms with Crippen LogP contribution in [0.1, 0.15) is 33.9 Å². The Bertz CT molecular complexity index is 2020. The molecule has 6 atom stereocenters. The van der Waals surface area contributed by atoms with Gasteiger partial charge in [-0.1, -0.05) is 24.3 Å². The smallest absolute Gasteiger partial charge is 0.459 e. The quantitative estimate of drug-likeness (QED) is 0.129. The van der Waals surface area contributed by atoms with Gasteiger partial charge in [0.25, 0.3) is 11.1 Å². The molecule has 2 aromatic carbocycles. The van der Waals surface area contributed by atoms with Crippen LogP contribution in [-0.2, 0) is 30.4 Å². The number of aromatic nitrogens is 3. The molecule has 1 aliphatic rings. The Morgan fingerprint density at radius 2 is 1.83 bits per heavy atom. The number of carbonyl (C=O) groups excluding carboxylic acids is 1. The fraction of sp³-hybridized carbons (Fsp3) is 0.400. The number of halogens is 1. The minimum atomic E-state index is -4.62. The van der Waals surface area contributed by atoms with Gasteiger partial charge in [-0.15, -0.1) is 0 Å². The van der Waals surface area contributed by atoms with Crippen LogP contribution >= 0.6 is 7.75 Å². The van der Waals surface area contributed by atoms with Crippen molar-refractivity contribution in [3.05, 3.63) is 85.9 Å². The number of para-hydroxylation sites is 1. The maximum absolute atomic E-state index is 15.8. The Kier molecular flexibility index (Phi) is 9.08. The van der Waals surface area contributed by atoms with Crippen LogP contribution in [0, 0.1) is 0 Å². The Balaban J connectivity index is 1.51. The van der Waals surface area contributed by atoms with Gasteiger partial charge in [-0.2, -0.15) is 5.09 Å². The van der Waals surface area contributed by atoms with E-state index in [0.29, 0.717) is 16.3 Å². The molecule has 1 aliphatic heterocycles. The van der Waals surface area contributed by atoms with Gasteiger partial charge in [0.05, 0.1) is 23.6 Å². The minimum absolute atomic E-state index is 0.0208. The Hall–Kier alpha value is -4.14. The number of alkyl halides is 1. The lowest BCUT2D eigenvalue weighted by atomic mass is 9.98. The summed E-state index contributed by atoms with van der Waals surface area (Å²) in [5.41, 5.74) is -4.02. The number of pyridine rings is 1. The number of aromatic amines is 1. The number of rotatable bonds is 10. The number of hydrogen-bond acceptors (Lipinski definition) is 10. The first-order chi connectivity index (χ1) is 21.6. The summed E-state index contributed by atoms with van der Waals surface area (Å²) < 4.78 is 55.0. The molecule has 0 bridgehead atoms. The maximum Gasteiger partial charge on any atom is 0.459 e. The molecule has 4 aromatic rings. The highest BCUT2D eigenvalue weighted by Crippen LogP contribution is 2.49. The first-order valence-electron chi connectivity index (χ1n) is 14.4. The topological polar surface area (TPSA) is 180 Å². The molecule has 5 rings (SSSR count). The van der Waals surface area contributed by atoms with Gasteiger partial charge in [-0.05, 0) is 45.9 Å². The molecule has 0 aliphatic carbocycles. The summed E-state index contributed by atoms with van der Waals surface area (Å²) in [5, 5.41) is 14.6. The highest BCUT2D eigenvalue weighted by atomic mass is 31.2. The van der Waals surface area contributed by atoms with Gasteiger partial charge in [0.15, 0.2) is 11.9 Å². The molecule has 1 unspecified atom stereocenters. The summed E-state index contributed by atoms with van der Waals surface area (Å²) in [4.78, 5) is 51.8. The number of nitrogens with zero attached hydrogens (tertiary/aromatic N) is 2. The van der Waals surface area contributed by atoms with Gasteiger partial charge < -0.3 is 23.7 Å². The van der Waals surface area contributed by atoms with Crippen molar-refractivity contribution in [1.82, 2.24) is 19.2 Å². The second-order valence-electron chi connectivity index (χ2n) is 11.4. The van der Waals surface area contributed by atoms with Gasteiger partial charge in [-0.3, -0.25) is 28.5 Å². The standard InChI is InChI=1S/C30H34FN4O10P/c1-16(2)43-27(39)17(3)33-46(41,42-15-22-25(37)30(4,31)28(44-22)35-14-13-23(36)32-29(35)40)45-21-12-8-10-19-24(21)18-9-6-7-11-20(18)34(5)26(19)38/h6-14,16-17,22,25,28,37H,15H2,1-5H3,(H,33,41)(H,32,36,40)/t17-,22+,25+,28+,30+,46?/m0/s1. The molecule has 46 heavy (non-hydrogen) atoms. The molecule has 3 heterocycles. The van der Waals surface area contributed by atoms with E-state index in [4.69, 9.17) is 18.5 Å². The van der Waals surface area contributed by atoms with E-state index in [-0.39, 0.29) is 16.7 Å². The fourth-order valence-electron chi connectivity index (χ4n) is 5.31. The Morgan fingerprint density at radius 1 is 1.13 bits per heavy atom. The second kappa shape index (κ2) is 12.6. The number of fused-ring (bicyclic) bond motifs is 3. The third kappa shape index (κ3) is 6.29. The lowest BCUT2D eigenvalue weighted by Gasteiger charge is -2.26. The van der Waals surface area contributed by atoms with Crippen LogP contribution in [0.5, 0.6) is 5.75 Å². The van der Waals surface area contributed by atoms with Crippen molar-refractivity contribution in [2.24, 2.45) is 7.05 Å². The van der Waals surface area contributed by atoms with Crippen molar-refractivity contribution in [2.45, 2.75) is 63.9 Å². The normalized spacial score (nSPS) is 23.4. The molecule has 0 amide bonds. The number of hydrogen-bond donors (Lipinski definition) is 3. The van der Waals surface area contributed by atoms with Crippen LogP contribution in [-0.4, -0.2) is 61.8 Å². The predicted octanol–water partition coefficient (Wildman–Crippen LogP) is 2.66. The maximum atomic E-state index is 15.8. The SMILES string of the molecule is CC(C)OC(=O)[C@H](C)NP(=O)(OC[C@H]1O[C@@H](n2ccc(=O)[nH]c2=O)[C@](C)(F)[C@@H]1O)Oc1cccc2c(=O)n(C)c3ccccc3c12. The van der Waals surface area contributed by atoms with Crippen LogP contribution in [0.3, 0.4) is 0 Å². The van der Waals surface area contributed by atoms with Crippen molar-refractivity contribution < 1.29 is 37.4 Å². The van der Waals surface area contributed by atoms with Crippen molar-refractivity contribution in [1.29, 1.82) is 0 Å². The van der Waals surface area contributed by atoms with Crippen molar-refractivity contribution in [3.63, 3.8) is 0 Å². The third-order valence-corrected chi connectivity index (χ3v) is 9.23. The molecule has 14 nitrogen and oxygen atoms in total. The number of ether oxygens (including phenoxy) is 2. The molecule has 16 heteroatoms. The summed E-state index contributed by atoms with van der Waals surface area (Å²) in [6, 6.07) is 11.4. The molecular formula is C30H34FN4O10P. The van der Waals surface area contributed by atoms with Gasteiger partial charge in [-0.25, -0.2) is 13.8 Å². The zero-order valence-corrected chi connectivity index (χ0v) is 26.5. The number of esters is 1. The lowest BCUT2D eigenvalue weighted by molar-refractivity contribution is -0.149. The number of benzene rings is 2. The summed E-state index contributed by atoms with van der Waals surface area (Å²) in [7, 11) is -3.00. The largest absolute Gasteiger partial charge is 0.462 e. The zero-order chi connectivity index (χ0) is 33.6. The van der Waals surface area contributed by atoms with Crippen molar-refractivity contribution in [3.8, 4) is 5.75 Å². The Morgan fingerprint density at radius 3 is 2.52 bits per heavy atom. The van der Waals surface area contributed by atoms with Gasteiger partial charge in [0.2, 0.25) is 0 Å². The molecule has 3 N–H and O–H groups in total. The molecule has 1 saturated heterocycles. The predicted molar refractivity (Wildman–Crippen MR) is 165 cm³/mol. The molecule has 0 saturated carbocycles. The van der Waals surface area contributed by atoms with E-state index in [9.17, 15) is 28.8 Å². The number of nitrogens with one attached hydrogen (secondary N) is 2. The van der Waals surface area contributed by atoms with Crippen LogP contribution in [0.15, 0.2) is 69.1 Å². The van der Waals surface area contributed by atoms with Gasteiger partial charge in [0, 0.05) is 30.1 Å². The van der Waals surface area contributed by atoms with Gasteiger partial charge >= 0.3 is 19.4 Å². The Labute approximate surface area is 261 Å². The van der Waals surface area contributed by atoms with Crippen LogP contribution in [0.25, 0.3) is 21.7 Å². The summed E-state index contributed by atoms with van der Waals surface area (Å²) in [6.07, 6.45) is -4.54. The van der Waals surface area contributed by atoms with E-state index < -0.39 is 67.8 Å². The average molecular weight is 661 g/mol. The molecule has 2 aromatic heterocycles. The highest BCUT2D eigenvalue weighted by molar-refractivity contribution is 7.52. The zero-order valence-electron chi connectivity index (χ0n) is 25.6. The highest BCUT2D eigenvalue weighted by Gasteiger charge is 2.56. The summed E-state index contributed by atoms with van der Waals surface area (Å²) >= 11 is 0. The van der Waals surface area contributed by atoms with E-state index >= 15 is 4.39 Å². The van der Waals surface area contributed by atoms with Gasteiger partial charge in [0.1, 0.15) is 24.0 Å². The number of H-pyrrole nitrogens is 1. The van der Waals surface area contributed by atoms with Crippen molar-refractivity contribution >= 4 is 35.4 Å². The van der Waals surface area contributed by atoms with E-state index in [0.717, 1.165) is 23.8 Å². The number of aliphatic hydroxyl groups excluding tert-OH is 1. The number of carbonyl (C=O) groups is 1. The monoisotopic (exact) mass is 660 g/mol. The second-order valence-corrected chi connectivity index (χ2v) is 13.1. The first kappa shape index (κ1) is 33.2. The van der Waals surface area contributed by atoms with Crippen LogP contribution in [0.4, 0.5) is 4.39 Å². The minimum Gasteiger partial charge on any atom is -0.462 e.